The molecule has 6 nitrogen and oxygen atoms in total. The number of nitrogens with one attached hydrogen (secondary N) is 2. The number of aliphatic imine (C=N–C) groups is 1. The Bertz CT molecular complexity index is 682. The summed E-state index contributed by atoms with van der Waals surface area (Å²) in [6, 6.07) is 4.36. The van der Waals surface area contributed by atoms with Crippen molar-refractivity contribution in [3.63, 3.8) is 0 Å². The van der Waals surface area contributed by atoms with Crippen LogP contribution in [0.5, 0.6) is 5.75 Å². The number of hydrogen-bond donors (Lipinski definition) is 3. The average molecular weight is 403 g/mol. The molecule has 1 aliphatic heterocycles. The van der Waals surface area contributed by atoms with E-state index in [-0.39, 0.29) is 0 Å². The van der Waals surface area contributed by atoms with Gasteiger partial charge < -0.3 is 25.4 Å². The number of guanidine groups is 1. The van der Waals surface area contributed by atoms with E-state index in [2.05, 4.69) is 40.4 Å². The van der Waals surface area contributed by atoms with Gasteiger partial charge in [0.15, 0.2) is 5.96 Å². The highest BCUT2D eigenvalue weighted by molar-refractivity contribution is 5.80. The fourth-order valence-corrected chi connectivity index (χ4v) is 4.37. The Kier molecular flexibility index (Phi) is 8.19. The van der Waals surface area contributed by atoms with E-state index >= 15 is 0 Å². The first-order valence-electron chi connectivity index (χ1n) is 11.2. The SMILES string of the molecule is CN=C(NCc1c(O)ccc2c1CCCC2)NC1CCN(CCOC(C)C)CC1. The lowest BCUT2D eigenvalue weighted by atomic mass is 9.88. The Morgan fingerprint density at radius 1 is 1.24 bits per heavy atom. The van der Waals surface area contributed by atoms with Crippen LogP contribution in [0.4, 0.5) is 0 Å². The lowest BCUT2D eigenvalue weighted by molar-refractivity contribution is 0.0532. The predicted molar refractivity (Wildman–Crippen MR) is 119 cm³/mol. The molecule has 1 heterocycles. The van der Waals surface area contributed by atoms with E-state index in [4.69, 9.17) is 4.74 Å². The summed E-state index contributed by atoms with van der Waals surface area (Å²) >= 11 is 0. The summed E-state index contributed by atoms with van der Waals surface area (Å²) in [5.74, 6) is 1.21. The fourth-order valence-electron chi connectivity index (χ4n) is 4.37. The van der Waals surface area contributed by atoms with Gasteiger partial charge in [0.25, 0.3) is 0 Å². The molecular formula is C23H38N4O2. The van der Waals surface area contributed by atoms with Crippen LogP contribution in [0, 0.1) is 0 Å². The monoisotopic (exact) mass is 402 g/mol. The topological polar surface area (TPSA) is 69.1 Å². The Hall–Kier alpha value is -1.79. The molecule has 1 saturated heterocycles. The number of phenolic OH excluding ortho intramolecular Hbond substituents is 1. The minimum atomic E-state index is 0.304. The summed E-state index contributed by atoms with van der Waals surface area (Å²) in [5, 5.41) is 17.4. The van der Waals surface area contributed by atoms with Gasteiger partial charge in [0, 0.05) is 44.8 Å². The van der Waals surface area contributed by atoms with Gasteiger partial charge in [0.2, 0.25) is 0 Å². The second-order valence-electron chi connectivity index (χ2n) is 8.51. The Morgan fingerprint density at radius 2 is 2.00 bits per heavy atom. The molecule has 0 spiro atoms. The van der Waals surface area contributed by atoms with Crippen LogP contribution >= 0.6 is 0 Å². The highest BCUT2D eigenvalue weighted by Crippen LogP contribution is 2.30. The van der Waals surface area contributed by atoms with Crippen LogP contribution in [0.15, 0.2) is 17.1 Å². The molecule has 29 heavy (non-hydrogen) atoms. The standard InChI is InChI=1S/C23H38N4O2/c1-17(2)29-15-14-27-12-10-19(11-13-27)26-23(24-3)25-16-21-20-7-5-4-6-18(20)8-9-22(21)28/h8-9,17,19,28H,4-7,10-16H2,1-3H3,(H2,24,25,26). The van der Waals surface area contributed by atoms with Crippen molar-refractivity contribution in [1.29, 1.82) is 0 Å². The number of ether oxygens (including phenoxy) is 1. The molecule has 0 saturated carbocycles. The predicted octanol–water partition coefficient (Wildman–Crippen LogP) is 2.83. The van der Waals surface area contributed by atoms with Crippen LogP contribution < -0.4 is 10.6 Å². The third-order valence-electron chi connectivity index (χ3n) is 6.07. The van der Waals surface area contributed by atoms with Gasteiger partial charge >= 0.3 is 0 Å². The largest absolute Gasteiger partial charge is 0.508 e. The summed E-state index contributed by atoms with van der Waals surface area (Å²) in [6.45, 7) is 8.77. The van der Waals surface area contributed by atoms with Crippen molar-refractivity contribution in [2.24, 2.45) is 4.99 Å². The van der Waals surface area contributed by atoms with Crippen molar-refractivity contribution in [3.05, 3.63) is 28.8 Å². The van der Waals surface area contributed by atoms with E-state index in [1.165, 1.54) is 24.0 Å². The molecule has 0 aromatic heterocycles. The number of aryl methyl sites for hydroxylation is 1. The van der Waals surface area contributed by atoms with E-state index in [1.54, 1.807) is 0 Å². The summed E-state index contributed by atoms with van der Waals surface area (Å²) in [7, 11) is 1.81. The lowest BCUT2D eigenvalue weighted by Crippen LogP contribution is -2.49. The number of piperidine rings is 1. The number of phenols is 1. The van der Waals surface area contributed by atoms with Gasteiger partial charge in [0.05, 0.1) is 12.7 Å². The van der Waals surface area contributed by atoms with Crippen molar-refractivity contribution >= 4 is 5.96 Å². The average Bonchev–Trinajstić information content (AvgIpc) is 2.73. The van der Waals surface area contributed by atoms with E-state index in [0.717, 1.165) is 63.4 Å². The van der Waals surface area contributed by atoms with Crippen LogP contribution in [-0.2, 0) is 24.1 Å². The first-order valence-corrected chi connectivity index (χ1v) is 11.2. The molecule has 0 bridgehead atoms. The van der Waals surface area contributed by atoms with Crippen molar-refractivity contribution in [2.75, 3.05) is 33.3 Å². The van der Waals surface area contributed by atoms with Crippen molar-refractivity contribution < 1.29 is 9.84 Å². The highest BCUT2D eigenvalue weighted by atomic mass is 16.5. The number of nitrogens with zero attached hydrogens (tertiary/aromatic N) is 2. The molecule has 162 valence electrons. The van der Waals surface area contributed by atoms with E-state index < -0.39 is 0 Å². The minimum Gasteiger partial charge on any atom is -0.508 e. The van der Waals surface area contributed by atoms with Crippen LogP contribution in [0.25, 0.3) is 0 Å². The molecule has 6 heteroatoms. The summed E-state index contributed by atoms with van der Waals surface area (Å²) in [4.78, 5) is 6.88. The van der Waals surface area contributed by atoms with E-state index in [1.807, 2.05) is 13.1 Å². The van der Waals surface area contributed by atoms with E-state index in [0.29, 0.717) is 24.4 Å². The summed E-state index contributed by atoms with van der Waals surface area (Å²) in [5.41, 5.74) is 3.75. The number of aromatic hydroxyl groups is 1. The van der Waals surface area contributed by atoms with Gasteiger partial charge in [-0.25, -0.2) is 0 Å². The van der Waals surface area contributed by atoms with Crippen LogP contribution in [0.3, 0.4) is 0 Å². The maximum Gasteiger partial charge on any atom is 0.191 e. The molecule has 0 atom stereocenters. The van der Waals surface area contributed by atoms with Crippen molar-refractivity contribution in [2.45, 2.75) is 71.1 Å². The Morgan fingerprint density at radius 3 is 2.72 bits per heavy atom. The second-order valence-corrected chi connectivity index (χ2v) is 8.51. The second kappa shape index (κ2) is 10.8. The molecule has 1 aromatic rings. The summed E-state index contributed by atoms with van der Waals surface area (Å²) < 4.78 is 5.67. The molecule has 2 aliphatic rings. The molecule has 3 N–H and O–H groups in total. The summed E-state index contributed by atoms with van der Waals surface area (Å²) in [6.07, 6.45) is 7.15. The molecule has 1 aliphatic carbocycles. The van der Waals surface area contributed by atoms with Gasteiger partial charge in [-0.1, -0.05) is 6.07 Å². The first kappa shape index (κ1) is 21.9. The molecule has 1 fully saturated rings. The van der Waals surface area contributed by atoms with E-state index in [9.17, 15) is 5.11 Å². The molecule has 1 aromatic carbocycles. The number of benzene rings is 1. The molecule has 0 unspecified atom stereocenters. The van der Waals surface area contributed by atoms with Gasteiger partial charge in [0.1, 0.15) is 5.75 Å². The van der Waals surface area contributed by atoms with Gasteiger partial charge in [-0.15, -0.1) is 0 Å². The number of rotatable bonds is 7. The molecule has 0 radical (unpaired) electrons. The third-order valence-corrected chi connectivity index (χ3v) is 6.07. The van der Waals surface area contributed by atoms with Crippen molar-refractivity contribution in [1.82, 2.24) is 15.5 Å². The molecule has 3 rings (SSSR count). The zero-order valence-corrected chi connectivity index (χ0v) is 18.3. The quantitative estimate of drug-likeness (QED) is 0.483. The number of fused-ring (bicyclic) bond motifs is 1. The Labute approximate surface area is 175 Å². The minimum absolute atomic E-state index is 0.304. The third kappa shape index (κ3) is 6.34. The highest BCUT2D eigenvalue weighted by Gasteiger charge is 2.21. The van der Waals surface area contributed by atoms with Crippen LogP contribution in [0.1, 0.15) is 56.2 Å². The fraction of sp³-hybridized carbons (Fsp3) is 0.696. The van der Waals surface area contributed by atoms with Crippen LogP contribution in [-0.4, -0.2) is 61.4 Å². The lowest BCUT2D eigenvalue weighted by Gasteiger charge is -2.33. The Balaban J connectivity index is 1.46. The smallest absolute Gasteiger partial charge is 0.191 e. The maximum atomic E-state index is 10.4. The molecule has 0 amide bonds. The first-order chi connectivity index (χ1) is 14.1. The number of hydrogen-bond acceptors (Lipinski definition) is 4. The zero-order valence-electron chi connectivity index (χ0n) is 18.3. The zero-order chi connectivity index (χ0) is 20.6. The maximum absolute atomic E-state index is 10.4. The number of likely N-dealkylation sites (tertiary alicyclic amines) is 1. The van der Waals surface area contributed by atoms with Crippen LogP contribution in [0.2, 0.25) is 0 Å². The van der Waals surface area contributed by atoms with Gasteiger partial charge in [-0.2, -0.15) is 0 Å². The molecular weight excluding hydrogens is 364 g/mol. The normalized spacial score (nSPS) is 18.7. The van der Waals surface area contributed by atoms with Crippen molar-refractivity contribution in [3.8, 4) is 5.75 Å². The van der Waals surface area contributed by atoms with Gasteiger partial charge in [-0.3, -0.25) is 4.99 Å². The van der Waals surface area contributed by atoms with Gasteiger partial charge in [-0.05, 0) is 69.6 Å².